The molecule has 0 fully saturated rings. The normalized spacial score (nSPS) is 13.4. The van der Waals surface area contributed by atoms with Crippen molar-refractivity contribution in [3.05, 3.63) is 66.0 Å². The molecule has 5 heteroatoms. The van der Waals surface area contributed by atoms with E-state index in [0.717, 1.165) is 0 Å². The van der Waals surface area contributed by atoms with E-state index in [-0.39, 0.29) is 12.3 Å². The van der Waals surface area contributed by atoms with E-state index in [1.807, 2.05) is 0 Å². The van der Waals surface area contributed by atoms with Crippen LogP contribution in [0.4, 0.5) is 10.1 Å². The summed E-state index contributed by atoms with van der Waals surface area (Å²) < 4.78 is 18.9. The Balaban J connectivity index is 2.50. The Kier molecular flexibility index (Phi) is 4.55. The molecule has 0 spiro atoms. The van der Waals surface area contributed by atoms with Crippen LogP contribution in [0.5, 0.6) is 0 Å². The first-order chi connectivity index (χ1) is 10.1. The van der Waals surface area contributed by atoms with Crippen molar-refractivity contribution < 1.29 is 19.0 Å². The molecule has 1 atom stereocenters. The van der Waals surface area contributed by atoms with Crippen LogP contribution in [0.3, 0.4) is 0 Å². The van der Waals surface area contributed by atoms with Gasteiger partial charge < -0.3 is 15.2 Å². The largest absolute Gasteiger partial charge is 0.479 e. The predicted molar refractivity (Wildman–Crippen MR) is 77.7 cm³/mol. The summed E-state index contributed by atoms with van der Waals surface area (Å²) in [5, 5.41) is 12.5. The number of ether oxygens (including phenoxy) is 1. The number of carboxylic acid groups (broad SMARTS) is 1. The van der Waals surface area contributed by atoms with E-state index in [2.05, 4.69) is 5.32 Å². The number of methoxy groups -OCH3 is 1. The lowest BCUT2D eigenvalue weighted by Crippen LogP contribution is -2.47. The van der Waals surface area contributed by atoms with E-state index in [9.17, 15) is 14.3 Å². The standard InChI is InChI=1S/C16H16FNO3/c1-21-11-16(15(19)20,12-7-3-2-4-8-12)18-14-10-6-5-9-13(14)17/h2-10,18H,11H2,1H3,(H,19,20). The van der Waals surface area contributed by atoms with Gasteiger partial charge in [-0.05, 0) is 17.7 Å². The van der Waals surface area contributed by atoms with Crippen LogP contribution in [0.2, 0.25) is 0 Å². The second kappa shape index (κ2) is 6.37. The molecule has 2 aromatic rings. The molecule has 21 heavy (non-hydrogen) atoms. The third-order valence-electron chi connectivity index (χ3n) is 3.21. The fourth-order valence-electron chi connectivity index (χ4n) is 2.16. The maximum atomic E-state index is 13.8. The summed E-state index contributed by atoms with van der Waals surface area (Å²) >= 11 is 0. The minimum atomic E-state index is -1.56. The Morgan fingerprint density at radius 1 is 1.19 bits per heavy atom. The molecule has 0 amide bonds. The summed E-state index contributed by atoms with van der Waals surface area (Å²) in [6.07, 6.45) is 0. The van der Waals surface area contributed by atoms with E-state index >= 15 is 0 Å². The SMILES string of the molecule is COCC(Nc1ccccc1F)(C(=O)O)c1ccccc1. The predicted octanol–water partition coefficient (Wildman–Crippen LogP) is 2.86. The zero-order valence-electron chi connectivity index (χ0n) is 11.5. The Labute approximate surface area is 122 Å². The van der Waals surface area contributed by atoms with Gasteiger partial charge in [-0.25, -0.2) is 9.18 Å². The van der Waals surface area contributed by atoms with Gasteiger partial charge in [0.25, 0.3) is 0 Å². The van der Waals surface area contributed by atoms with E-state index in [1.54, 1.807) is 42.5 Å². The van der Waals surface area contributed by atoms with Gasteiger partial charge in [0.1, 0.15) is 5.82 Å². The van der Waals surface area contributed by atoms with Crippen molar-refractivity contribution in [2.45, 2.75) is 5.54 Å². The van der Waals surface area contributed by atoms with Crippen LogP contribution in [0.25, 0.3) is 0 Å². The molecule has 0 aromatic heterocycles. The molecule has 0 heterocycles. The van der Waals surface area contributed by atoms with Crippen LogP contribution < -0.4 is 5.32 Å². The summed E-state index contributed by atoms with van der Waals surface area (Å²) in [6, 6.07) is 14.5. The van der Waals surface area contributed by atoms with Gasteiger partial charge in [-0.3, -0.25) is 0 Å². The quantitative estimate of drug-likeness (QED) is 0.858. The topological polar surface area (TPSA) is 58.6 Å². The van der Waals surface area contributed by atoms with Crippen molar-refractivity contribution in [3.63, 3.8) is 0 Å². The fraction of sp³-hybridized carbons (Fsp3) is 0.188. The zero-order chi connectivity index (χ0) is 15.3. The van der Waals surface area contributed by atoms with Crippen LogP contribution >= 0.6 is 0 Å². The van der Waals surface area contributed by atoms with Gasteiger partial charge in [-0.15, -0.1) is 0 Å². The van der Waals surface area contributed by atoms with E-state index in [4.69, 9.17) is 4.74 Å². The molecule has 4 nitrogen and oxygen atoms in total. The molecule has 0 aliphatic heterocycles. The molecule has 2 aromatic carbocycles. The lowest BCUT2D eigenvalue weighted by molar-refractivity contribution is -0.144. The first kappa shape index (κ1) is 15.0. The van der Waals surface area contributed by atoms with Crippen molar-refractivity contribution in [1.82, 2.24) is 0 Å². The molecule has 0 saturated heterocycles. The summed E-state index contributed by atoms with van der Waals surface area (Å²) in [5.41, 5.74) is -0.957. The number of rotatable bonds is 6. The lowest BCUT2D eigenvalue weighted by atomic mass is 9.90. The second-order valence-electron chi connectivity index (χ2n) is 4.61. The highest BCUT2D eigenvalue weighted by molar-refractivity contribution is 5.85. The van der Waals surface area contributed by atoms with Crippen molar-refractivity contribution in [2.75, 3.05) is 19.0 Å². The Bertz CT molecular complexity index is 618. The van der Waals surface area contributed by atoms with Crippen LogP contribution in [0.15, 0.2) is 54.6 Å². The van der Waals surface area contributed by atoms with Gasteiger partial charge in [0.15, 0.2) is 5.54 Å². The van der Waals surface area contributed by atoms with Crippen molar-refractivity contribution in [3.8, 4) is 0 Å². The first-order valence-corrected chi connectivity index (χ1v) is 6.41. The van der Waals surface area contributed by atoms with Crippen molar-refractivity contribution >= 4 is 11.7 Å². The number of aliphatic carboxylic acids is 1. The molecule has 2 N–H and O–H groups in total. The zero-order valence-corrected chi connectivity index (χ0v) is 11.5. The van der Waals surface area contributed by atoms with Gasteiger partial charge in [-0.2, -0.15) is 0 Å². The summed E-state index contributed by atoms with van der Waals surface area (Å²) in [5.74, 6) is -1.66. The molecule has 0 aliphatic rings. The molecule has 0 aliphatic carbocycles. The fourth-order valence-corrected chi connectivity index (χ4v) is 2.16. The van der Waals surface area contributed by atoms with Gasteiger partial charge in [0.05, 0.1) is 12.3 Å². The third-order valence-corrected chi connectivity index (χ3v) is 3.21. The van der Waals surface area contributed by atoms with Crippen molar-refractivity contribution in [2.24, 2.45) is 0 Å². The first-order valence-electron chi connectivity index (χ1n) is 6.41. The number of halogens is 1. The Hall–Kier alpha value is -2.40. The molecule has 110 valence electrons. The Morgan fingerprint density at radius 3 is 2.38 bits per heavy atom. The monoisotopic (exact) mass is 289 g/mol. The highest BCUT2D eigenvalue weighted by Gasteiger charge is 2.41. The molecule has 0 bridgehead atoms. The number of para-hydroxylation sites is 1. The average Bonchev–Trinajstić information content (AvgIpc) is 2.49. The third kappa shape index (κ3) is 3.03. The second-order valence-corrected chi connectivity index (χ2v) is 4.61. The highest BCUT2D eigenvalue weighted by atomic mass is 19.1. The Morgan fingerprint density at radius 2 is 1.81 bits per heavy atom. The van der Waals surface area contributed by atoms with Crippen LogP contribution in [0.1, 0.15) is 5.56 Å². The van der Waals surface area contributed by atoms with Crippen LogP contribution in [-0.4, -0.2) is 24.8 Å². The number of hydrogen-bond donors (Lipinski definition) is 2. The molecule has 0 radical (unpaired) electrons. The summed E-state index contributed by atoms with van der Waals surface area (Å²) in [6.45, 7) is -0.138. The van der Waals surface area contributed by atoms with E-state index in [1.165, 1.54) is 19.2 Å². The molecule has 1 unspecified atom stereocenters. The number of anilines is 1. The highest BCUT2D eigenvalue weighted by Crippen LogP contribution is 2.28. The van der Waals surface area contributed by atoms with Crippen LogP contribution in [-0.2, 0) is 15.1 Å². The number of hydrogen-bond acceptors (Lipinski definition) is 3. The molecular formula is C16H16FNO3. The van der Waals surface area contributed by atoms with Gasteiger partial charge in [0, 0.05) is 7.11 Å². The molecule has 0 saturated carbocycles. The van der Waals surface area contributed by atoms with E-state index in [0.29, 0.717) is 5.56 Å². The van der Waals surface area contributed by atoms with Gasteiger partial charge >= 0.3 is 5.97 Å². The number of carbonyl (C=O) groups is 1. The minimum absolute atomic E-state index is 0.112. The van der Waals surface area contributed by atoms with Crippen LogP contribution in [0, 0.1) is 5.82 Å². The van der Waals surface area contributed by atoms with E-state index < -0.39 is 17.3 Å². The van der Waals surface area contributed by atoms with Gasteiger partial charge in [-0.1, -0.05) is 42.5 Å². The number of nitrogens with one attached hydrogen (secondary N) is 1. The number of carboxylic acids is 1. The number of benzene rings is 2. The lowest BCUT2D eigenvalue weighted by Gasteiger charge is -2.31. The average molecular weight is 289 g/mol. The molecular weight excluding hydrogens is 273 g/mol. The minimum Gasteiger partial charge on any atom is -0.479 e. The summed E-state index contributed by atoms with van der Waals surface area (Å²) in [4.78, 5) is 11.9. The molecule has 2 rings (SSSR count). The summed E-state index contributed by atoms with van der Waals surface area (Å²) in [7, 11) is 1.41. The maximum Gasteiger partial charge on any atom is 0.336 e. The smallest absolute Gasteiger partial charge is 0.336 e. The van der Waals surface area contributed by atoms with Gasteiger partial charge in [0.2, 0.25) is 0 Å². The maximum absolute atomic E-state index is 13.8. The van der Waals surface area contributed by atoms with Crippen molar-refractivity contribution in [1.29, 1.82) is 0 Å².